The van der Waals surface area contributed by atoms with Gasteiger partial charge in [-0.3, -0.25) is 9.36 Å². The van der Waals surface area contributed by atoms with Crippen molar-refractivity contribution in [3.63, 3.8) is 0 Å². The number of Topliss-reactive ketones (excluding diaryl/α,β-unsaturated/α-hetero) is 1. The Morgan fingerprint density at radius 1 is 1.43 bits per heavy atom. The van der Waals surface area contributed by atoms with Gasteiger partial charge in [-0.1, -0.05) is 0 Å². The van der Waals surface area contributed by atoms with Crippen molar-refractivity contribution in [3.05, 3.63) is 39.9 Å². The number of carbonyl (C=O) groups is 1. The first-order valence-corrected chi connectivity index (χ1v) is 7.43. The molecule has 4 nitrogen and oxygen atoms in total. The van der Waals surface area contributed by atoms with Gasteiger partial charge in [0.05, 0.1) is 18.4 Å². The SMILES string of the molecule is COc1cc(C)c(-n2cc(C3CC3)[nH]c2=S)cc1C(C)=O. The molecule has 110 valence electrons. The standard InChI is InChI=1S/C16H18N2O2S/c1-9-6-15(20-3)12(10(2)19)7-14(9)18-8-13(11-4-5-11)17-16(18)21/h6-8,11H,4-5H2,1-3H3,(H,17,21). The lowest BCUT2D eigenvalue weighted by Gasteiger charge is -2.12. The van der Waals surface area contributed by atoms with Gasteiger partial charge in [0.15, 0.2) is 10.6 Å². The lowest BCUT2D eigenvalue weighted by atomic mass is 10.1. The van der Waals surface area contributed by atoms with Gasteiger partial charge in [0.1, 0.15) is 5.75 Å². The van der Waals surface area contributed by atoms with Gasteiger partial charge in [-0.25, -0.2) is 0 Å². The highest BCUT2D eigenvalue weighted by atomic mass is 32.1. The summed E-state index contributed by atoms with van der Waals surface area (Å²) in [4.78, 5) is 15.1. The molecule has 3 rings (SSSR count). The lowest BCUT2D eigenvalue weighted by Crippen LogP contribution is -2.03. The van der Waals surface area contributed by atoms with Crippen molar-refractivity contribution in [1.29, 1.82) is 0 Å². The molecule has 1 N–H and O–H groups in total. The summed E-state index contributed by atoms with van der Waals surface area (Å²) >= 11 is 5.42. The normalized spacial score (nSPS) is 14.2. The number of imidazole rings is 1. The third-order valence-corrected chi connectivity index (χ3v) is 4.21. The first-order valence-electron chi connectivity index (χ1n) is 7.02. The molecule has 1 aliphatic rings. The minimum absolute atomic E-state index is 0.0161. The Balaban J connectivity index is 2.15. The average molecular weight is 302 g/mol. The number of hydrogen-bond acceptors (Lipinski definition) is 3. The van der Waals surface area contributed by atoms with Gasteiger partial charge in [-0.05, 0) is 56.6 Å². The molecule has 1 aromatic heterocycles. The van der Waals surface area contributed by atoms with Crippen LogP contribution in [0.5, 0.6) is 5.75 Å². The Morgan fingerprint density at radius 2 is 2.14 bits per heavy atom. The second-order valence-electron chi connectivity index (χ2n) is 5.55. The zero-order valence-corrected chi connectivity index (χ0v) is 13.2. The van der Waals surface area contributed by atoms with E-state index in [0.29, 0.717) is 22.0 Å². The van der Waals surface area contributed by atoms with E-state index in [4.69, 9.17) is 17.0 Å². The minimum Gasteiger partial charge on any atom is -0.496 e. The van der Waals surface area contributed by atoms with Crippen LogP contribution in [0.4, 0.5) is 0 Å². The zero-order chi connectivity index (χ0) is 15.1. The highest BCUT2D eigenvalue weighted by Crippen LogP contribution is 2.39. The molecule has 0 saturated heterocycles. The summed E-state index contributed by atoms with van der Waals surface area (Å²) in [6.45, 7) is 3.54. The Labute approximate surface area is 128 Å². The van der Waals surface area contributed by atoms with Crippen LogP contribution in [0.2, 0.25) is 0 Å². The van der Waals surface area contributed by atoms with E-state index in [1.54, 1.807) is 14.0 Å². The van der Waals surface area contributed by atoms with E-state index in [-0.39, 0.29) is 5.78 Å². The van der Waals surface area contributed by atoms with E-state index >= 15 is 0 Å². The van der Waals surface area contributed by atoms with E-state index in [1.807, 2.05) is 23.6 Å². The van der Waals surface area contributed by atoms with Crippen molar-refractivity contribution in [2.24, 2.45) is 0 Å². The fraction of sp³-hybridized carbons (Fsp3) is 0.375. The Morgan fingerprint density at radius 3 is 2.71 bits per heavy atom. The number of carbonyl (C=O) groups excluding carboxylic acids is 1. The number of nitrogens with one attached hydrogen (secondary N) is 1. The molecule has 0 unspecified atom stereocenters. The topological polar surface area (TPSA) is 47.0 Å². The Kier molecular flexibility index (Phi) is 3.45. The fourth-order valence-electron chi connectivity index (χ4n) is 2.57. The van der Waals surface area contributed by atoms with E-state index in [2.05, 4.69) is 11.2 Å². The van der Waals surface area contributed by atoms with Crippen molar-refractivity contribution < 1.29 is 9.53 Å². The van der Waals surface area contributed by atoms with Crippen LogP contribution in [-0.2, 0) is 0 Å². The molecule has 0 atom stereocenters. The van der Waals surface area contributed by atoms with E-state index in [1.165, 1.54) is 18.5 Å². The first-order chi connectivity index (χ1) is 10.0. The number of ether oxygens (including phenoxy) is 1. The summed E-state index contributed by atoms with van der Waals surface area (Å²) in [5, 5.41) is 0. The third-order valence-electron chi connectivity index (χ3n) is 3.91. The number of aromatic amines is 1. The van der Waals surface area contributed by atoms with Gasteiger partial charge < -0.3 is 9.72 Å². The third kappa shape index (κ3) is 2.53. The summed E-state index contributed by atoms with van der Waals surface area (Å²) in [5.41, 5.74) is 3.71. The molecule has 1 aliphatic carbocycles. The van der Waals surface area contributed by atoms with Crippen molar-refractivity contribution >= 4 is 18.0 Å². The summed E-state index contributed by atoms with van der Waals surface area (Å²) < 4.78 is 7.91. The van der Waals surface area contributed by atoms with Crippen LogP contribution in [0.1, 0.15) is 47.3 Å². The number of H-pyrrole nitrogens is 1. The molecule has 0 aliphatic heterocycles. The van der Waals surface area contributed by atoms with E-state index in [9.17, 15) is 4.79 Å². The number of aromatic nitrogens is 2. The fourth-order valence-corrected chi connectivity index (χ4v) is 2.84. The molecule has 1 saturated carbocycles. The predicted octanol–water partition coefficient (Wildman–Crippen LogP) is 3.93. The molecule has 21 heavy (non-hydrogen) atoms. The second-order valence-corrected chi connectivity index (χ2v) is 5.94. The van der Waals surface area contributed by atoms with Crippen LogP contribution in [0.15, 0.2) is 18.3 Å². The van der Waals surface area contributed by atoms with Gasteiger partial charge in [-0.15, -0.1) is 0 Å². The maximum absolute atomic E-state index is 11.8. The predicted molar refractivity (Wildman–Crippen MR) is 84.2 cm³/mol. The van der Waals surface area contributed by atoms with Crippen LogP contribution in [-0.4, -0.2) is 22.4 Å². The molecular formula is C16H18N2O2S. The number of hydrogen-bond donors (Lipinski definition) is 1. The van der Waals surface area contributed by atoms with E-state index in [0.717, 1.165) is 11.3 Å². The van der Waals surface area contributed by atoms with Crippen molar-refractivity contribution in [1.82, 2.24) is 9.55 Å². The molecule has 0 amide bonds. The number of nitrogens with zero attached hydrogens (tertiary/aromatic N) is 1. The number of ketones is 1. The molecule has 1 aromatic carbocycles. The van der Waals surface area contributed by atoms with Gasteiger partial charge in [0, 0.05) is 17.8 Å². The number of benzene rings is 1. The van der Waals surface area contributed by atoms with Crippen molar-refractivity contribution in [2.75, 3.05) is 7.11 Å². The van der Waals surface area contributed by atoms with Crippen LogP contribution in [0.25, 0.3) is 5.69 Å². The summed E-state index contributed by atoms with van der Waals surface area (Å²) in [7, 11) is 1.58. The molecule has 0 radical (unpaired) electrons. The summed E-state index contributed by atoms with van der Waals surface area (Å²) in [6.07, 6.45) is 4.49. The summed E-state index contributed by atoms with van der Waals surface area (Å²) in [6, 6.07) is 3.74. The smallest absolute Gasteiger partial charge is 0.182 e. The van der Waals surface area contributed by atoms with Gasteiger partial charge in [-0.2, -0.15) is 0 Å². The maximum Gasteiger partial charge on any atom is 0.182 e. The average Bonchev–Trinajstić information content (AvgIpc) is 3.22. The maximum atomic E-state index is 11.8. The molecule has 2 aromatic rings. The Hall–Kier alpha value is -1.88. The van der Waals surface area contributed by atoms with Crippen LogP contribution in [0, 0.1) is 11.7 Å². The lowest BCUT2D eigenvalue weighted by molar-refractivity contribution is 0.101. The molecular weight excluding hydrogens is 284 g/mol. The number of methoxy groups -OCH3 is 1. The number of aryl methyl sites for hydroxylation is 1. The highest BCUT2D eigenvalue weighted by Gasteiger charge is 2.26. The molecule has 0 spiro atoms. The summed E-state index contributed by atoms with van der Waals surface area (Å²) in [5.74, 6) is 1.20. The van der Waals surface area contributed by atoms with Crippen molar-refractivity contribution in [3.8, 4) is 11.4 Å². The molecule has 1 heterocycles. The van der Waals surface area contributed by atoms with E-state index < -0.39 is 0 Å². The number of rotatable bonds is 4. The Bertz CT molecular complexity index is 769. The monoisotopic (exact) mass is 302 g/mol. The highest BCUT2D eigenvalue weighted by molar-refractivity contribution is 7.71. The van der Waals surface area contributed by atoms with Gasteiger partial charge in [0.2, 0.25) is 0 Å². The van der Waals surface area contributed by atoms with Crippen LogP contribution in [0.3, 0.4) is 0 Å². The molecule has 1 fully saturated rings. The largest absolute Gasteiger partial charge is 0.496 e. The minimum atomic E-state index is -0.0161. The molecule has 5 heteroatoms. The van der Waals surface area contributed by atoms with Gasteiger partial charge >= 0.3 is 0 Å². The first kappa shape index (κ1) is 14.1. The zero-order valence-electron chi connectivity index (χ0n) is 12.4. The molecule has 0 bridgehead atoms. The van der Waals surface area contributed by atoms with Crippen LogP contribution < -0.4 is 4.74 Å². The second kappa shape index (κ2) is 5.15. The van der Waals surface area contributed by atoms with Crippen LogP contribution >= 0.6 is 12.2 Å². The van der Waals surface area contributed by atoms with Gasteiger partial charge in [0.25, 0.3) is 0 Å². The quantitative estimate of drug-likeness (QED) is 0.687. The van der Waals surface area contributed by atoms with Crippen molar-refractivity contribution in [2.45, 2.75) is 32.6 Å².